The molecule has 0 saturated carbocycles. The highest BCUT2D eigenvalue weighted by molar-refractivity contribution is 5.89. The lowest BCUT2D eigenvalue weighted by molar-refractivity contribution is -0.324. The number of ether oxygens (including phenoxy) is 3. The maximum absolute atomic E-state index is 13.9. The Bertz CT molecular complexity index is 1350. The monoisotopic (exact) mass is 659 g/mol. The van der Waals surface area contributed by atoms with Gasteiger partial charge in [-0.15, -0.1) is 0 Å². The first-order valence-corrected chi connectivity index (χ1v) is 15.3. The van der Waals surface area contributed by atoms with Crippen molar-refractivity contribution in [3.05, 3.63) is 66.2 Å². The SMILES string of the molecule is CCCCCCCCOc1ccccc1C(=O)[O-].CCCCOCC(F)(F)C(F)(F)C(F)(F)COc1ccc2cc(O)ccc2c1. The van der Waals surface area contributed by atoms with Gasteiger partial charge < -0.3 is 29.2 Å². The van der Waals surface area contributed by atoms with E-state index in [0.717, 1.165) is 12.8 Å². The molecule has 0 amide bonds. The van der Waals surface area contributed by atoms with Crippen LogP contribution >= 0.6 is 0 Å². The summed E-state index contributed by atoms with van der Waals surface area (Å²) in [6.45, 7) is 0.521. The summed E-state index contributed by atoms with van der Waals surface area (Å²) in [7, 11) is 0. The smallest absolute Gasteiger partial charge is 0.377 e. The third-order valence-corrected chi connectivity index (χ3v) is 6.92. The number of carbonyl (C=O) groups is 1. The Balaban J connectivity index is 0.000000353. The normalized spacial score (nSPS) is 12.0. The van der Waals surface area contributed by atoms with E-state index in [1.54, 1.807) is 25.1 Å². The van der Waals surface area contributed by atoms with Crippen LogP contribution in [0.5, 0.6) is 17.2 Å². The number of phenolic OH excluding ortho intramolecular Hbond substituents is 1. The van der Waals surface area contributed by atoms with Crippen LogP contribution in [-0.4, -0.2) is 55.3 Å². The molecule has 3 aromatic rings. The number of phenols is 1. The Labute approximate surface area is 265 Å². The lowest BCUT2D eigenvalue weighted by Crippen LogP contribution is -2.58. The van der Waals surface area contributed by atoms with E-state index in [4.69, 9.17) is 4.74 Å². The average Bonchev–Trinajstić information content (AvgIpc) is 3.02. The van der Waals surface area contributed by atoms with Crippen molar-refractivity contribution in [3.63, 3.8) is 0 Å². The van der Waals surface area contributed by atoms with E-state index in [-0.39, 0.29) is 23.7 Å². The number of benzene rings is 3. The molecule has 0 heterocycles. The predicted octanol–water partition coefficient (Wildman–Crippen LogP) is 8.44. The van der Waals surface area contributed by atoms with Crippen LogP contribution in [0.2, 0.25) is 0 Å². The fourth-order valence-corrected chi connectivity index (χ4v) is 4.20. The molecule has 0 bridgehead atoms. The lowest BCUT2D eigenvalue weighted by Gasteiger charge is -2.32. The highest BCUT2D eigenvalue weighted by Crippen LogP contribution is 2.46. The van der Waals surface area contributed by atoms with Gasteiger partial charge in [-0.25, -0.2) is 0 Å². The highest BCUT2D eigenvalue weighted by Gasteiger charge is 2.71. The van der Waals surface area contributed by atoms with Crippen LogP contribution in [0.4, 0.5) is 26.3 Å². The second kappa shape index (κ2) is 18.5. The van der Waals surface area contributed by atoms with Crippen molar-refractivity contribution in [3.8, 4) is 17.2 Å². The van der Waals surface area contributed by atoms with Crippen molar-refractivity contribution in [1.82, 2.24) is 0 Å². The summed E-state index contributed by atoms with van der Waals surface area (Å²) in [4.78, 5) is 10.8. The van der Waals surface area contributed by atoms with Gasteiger partial charge in [-0.3, -0.25) is 0 Å². The molecule has 0 aliphatic rings. The summed E-state index contributed by atoms with van der Waals surface area (Å²) in [5.74, 6) is -16.8. The first kappa shape index (κ1) is 38.5. The number of alkyl halides is 6. The van der Waals surface area contributed by atoms with E-state index in [1.165, 1.54) is 68.1 Å². The third kappa shape index (κ3) is 11.6. The van der Waals surface area contributed by atoms with E-state index in [1.807, 2.05) is 0 Å². The van der Waals surface area contributed by atoms with Gasteiger partial charge in [0, 0.05) is 12.2 Å². The Hall–Kier alpha value is -3.67. The van der Waals surface area contributed by atoms with Gasteiger partial charge in [0.2, 0.25) is 0 Å². The number of carboxylic acid groups (broad SMARTS) is 1. The standard InChI is InChI=1S/C19H20F6O3.C15H22O3/c1-2-3-8-27-11-17(20,21)19(24,25)18(22,23)12-28-16-7-5-13-9-15(26)6-4-14(13)10-16;1-2-3-4-5-6-9-12-18-14-11-8-7-10-13(14)15(16)17/h4-7,9-10,26H,2-3,8,11-12H2,1H3;7-8,10-11H,2-6,9,12H2,1H3,(H,16,17)/p-1. The molecule has 0 aliphatic carbocycles. The van der Waals surface area contributed by atoms with Gasteiger partial charge in [0.25, 0.3) is 0 Å². The molecule has 3 rings (SSSR count). The second-order valence-corrected chi connectivity index (χ2v) is 10.8. The minimum Gasteiger partial charge on any atom is -0.545 e. The quantitative estimate of drug-likeness (QED) is 0.103. The molecule has 0 aromatic heterocycles. The number of hydrogen-bond acceptors (Lipinski definition) is 6. The van der Waals surface area contributed by atoms with Crippen LogP contribution in [0.3, 0.4) is 0 Å². The molecule has 0 radical (unpaired) electrons. The lowest BCUT2D eigenvalue weighted by atomic mass is 10.1. The minimum atomic E-state index is -5.66. The largest absolute Gasteiger partial charge is 0.545 e. The number of aromatic carboxylic acids is 1. The van der Waals surface area contributed by atoms with Crippen LogP contribution < -0.4 is 14.6 Å². The minimum absolute atomic E-state index is 0.0178. The molecular weight excluding hydrogens is 618 g/mol. The number of hydrogen-bond donors (Lipinski definition) is 1. The topological polar surface area (TPSA) is 88.1 Å². The Morgan fingerprint density at radius 1 is 0.717 bits per heavy atom. The molecule has 0 fully saturated rings. The maximum Gasteiger partial charge on any atom is 0.377 e. The fraction of sp³-hybridized carbons (Fsp3) is 0.500. The van der Waals surface area contributed by atoms with Crippen molar-refractivity contribution in [2.24, 2.45) is 0 Å². The molecule has 0 aliphatic heterocycles. The number of carboxylic acids is 1. The molecular formula is C34H41F6O6-. The third-order valence-electron chi connectivity index (χ3n) is 6.92. The van der Waals surface area contributed by atoms with Gasteiger partial charge >= 0.3 is 17.8 Å². The summed E-state index contributed by atoms with van der Waals surface area (Å²) in [6.07, 6.45) is 8.05. The number of carbonyl (C=O) groups excluding carboxylic acids is 1. The fourth-order valence-electron chi connectivity index (χ4n) is 4.20. The van der Waals surface area contributed by atoms with Gasteiger partial charge in [-0.05, 0) is 60.0 Å². The molecule has 256 valence electrons. The Morgan fingerprint density at radius 3 is 2.02 bits per heavy atom. The molecule has 12 heteroatoms. The van der Waals surface area contributed by atoms with E-state index in [9.17, 15) is 41.4 Å². The molecule has 0 spiro atoms. The van der Waals surface area contributed by atoms with Crippen LogP contribution in [0.25, 0.3) is 10.8 Å². The summed E-state index contributed by atoms with van der Waals surface area (Å²) >= 11 is 0. The highest BCUT2D eigenvalue weighted by atomic mass is 19.3. The molecule has 0 atom stereocenters. The molecule has 0 saturated heterocycles. The molecule has 0 unspecified atom stereocenters. The zero-order valence-corrected chi connectivity index (χ0v) is 26.0. The van der Waals surface area contributed by atoms with Crippen LogP contribution in [0.15, 0.2) is 60.7 Å². The van der Waals surface area contributed by atoms with Crippen molar-refractivity contribution in [2.75, 3.05) is 26.4 Å². The number of para-hydroxylation sites is 1. The van der Waals surface area contributed by atoms with E-state index in [0.29, 0.717) is 36.0 Å². The van der Waals surface area contributed by atoms with Gasteiger partial charge in [0.1, 0.15) is 23.9 Å². The van der Waals surface area contributed by atoms with Crippen molar-refractivity contribution in [2.45, 2.75) is 83.0 Å². The predicted molar refractivity (Wildman–Crippen MR) is 161 cm³/mol. The number of aromatic hydroxyl groups is 1. The molecule has 3 aromatic carbocycles. The van der Waals surface area contributed by atoms with Crippen LogP contribution in [0, 0.1) is 0 Å². The molecule has 6 nitrogen and oxygen atoms in total. The molecule has 46 heavy (non-hydrogen) atoms. The first-order valence-electron chi connectivity index (χ1n) is 15.3. The van der Waals surface area contributed by atoms with Crippen molar-refractivity contribution < 1.29 is 55.6 Å². The summed E-state index contributed by atoms with van der Waals surface area (Å²) in [5, 5.41) is 21.3. The second-order valence-electron chi connectivity index (χ2n) is 10.8. The Morgan fingerprint density at radius 2 is 1.33 bits per heavy atom. The van der Waals surface area contributed by atoms with Crippen molar-refractivity contribution >= 4 is 16.7 Å². The first-order chi connectivity index (χ1) is 21.8. The average molecular weight is 660 g/mol. The maximum atomic E-state index is 13.9. The van der Waals surface area contributed by atoms with E-state index >= 15 is 0 Å². The summed E-state index contributed by atoms with van der Waals surface area (Å²) < 4.78 is 97.3. The van der Waals surface area contributed by atoms with E-state index in [2.05, 4.69) is 16.4 Å². The van der Waals surface area contributed by atoms with Gasteiger partial charge in [0.05, 0.1) is 12.6 Å². The zero-order chi connectivity index (χ0) is 34.2. The number of rotatable bonds is 19. The Kier molecular flexibility index (Phi) is 15.5. The van der Waals surface area contributed by atoms with Crippen molar-refractivity contribution in [1.29, 1.82) is 0 Å². The van der Waals surface area contributed by atoms with Crippen LogP contribution in [0.1, 0.15) is 75.6 Å². The zero-order valence-electron chi connectivity index (χ0n) is 26.0. The van der Waals surface area contributed by atoms with Crippen LogP contribution in [-0.2, 0) is 4.74 Å². The molecule has 1 N–H and O–H groups in total. The van der Waals surface area contributed by atoms with Gasteiger partial charge in [-0.1, -0.05) is 76.6 Å². The number of unbranched alkanes of at least 4 members (excludes halogenated alkanes) is 6. The summed E-state index contributed by atoms with van der Waals surface area (Å²) in [5.41, 5.74) is 0.128. The summed E-state index contributed by atoms with van der Waals surface area (Å²) in [6, 6.07) is 14.7. The number of halogens is 6. The van der Waals surface area contributed by atoms with Gasteiger partial charge in [0.15, 0.2) is 6.61 Å². The van der Waals surface area contributed by atoms with E-state index < -0.39 is 37.0 Å². The van der Waals surface area contributed by atoms with Gasteiger partial charge in [-0.2, -0.15) is 26.3 Å². The number of fused-ring (bicyclic) bond motifs is 1.